The topological polar surface area (TPSA) is 60.2 Å². The number of nitrogens with zero attached hydrogens (tertiary/aromatic N) is 4. The smallest absolute Gasteiger partial charge is 0.257 e. The van der Waals surface area contributed by atoms with Crippen LogP contribution < -0.4 is 4.74 Å². The lowest BCUT2D eigenvalue weighted by molar-refractivity contribution is 0.0789. The van der Waals surface area contributed by atoms with Crippen molar-refractivity contribution in [3.05, 3.63) is 40.8 Å². The first-order valence-corrected chi connectivity index (χ1v) is 8.39. The first kappa shape index (κ1) is 16.5. The number of carbonyl (C=O) groups excluding carboxylic acids is 1. The summed E-state index contributed by atoms with van der Waals surface area (Å²) in [6.45, 7) is 8.12. The molecule has 0 N–H and O–H groups in total. The Morgan fingerprint density at radius 2 is 2.21 bits per heavy atom. The average Bonchev–Trinajstić information content (AvgIpc) is 3.19. The van der Waals surface area contributed by atoms with Gasteiger partial charge in [0.15, 0.2) is 0 Å². The number of aryl methyl sites for hydroxylation is 2. The molecule has 0 aromatic carbocycles. The van der Waals surface area contributed by atoms with Gasteiger partial charge in [0.2, 0.25) is 5.88 Å². The Balaban J connectivity index is 1.81. The van der Waals surface area contributed by atoms with Crippen LogP contribution in [-0.4, -0.2) is 45.8 Å². The van der Waals surface area contributed by atoms with E-state index in [2.05, 4.69) is 10.1 Å². The zero-order valence-electron chi connectivity index (χ0n) is 14.7. The molecule has 6 nitrogen and oxygen atoms in total. The molecule has 0 radical (unpaired) electrons. The van der Waals surface area contributed by atoms with Crippen LogP contribution in [0.15, 0.2) is 18.3 Å². The molecule has 3 heterocycles. The Morgan fingerprint density at radius 3 is 2.88 bits per heavy atom. The second-order valence-electron chi connectivity index (χ2n) is 6.20. The third kappa shape index (κ3) is 2.77. The molecule has 1 amide bonds. The highest BCUT2D eigenvalue weighted by atomic mass is 16.5. The van der Waals surface area contributed by atoms with E-state index in [0.717, 1.165) is 42.0 Å². The molecule has 0 spiro atoms. The highest BCUT2D eigenvalue weighted by Crippen LogP contribution is 2.33. The van der Waals surface area contributed by atoms with E-state index in [-0.39, 0.29) is 11.8 Å². The maximum atomic E-state index is 13.0. The Bertz CT molecular complexity index is 753. The van der Waals surface area contributed by atoms with Gasteiger partial charge in [-0.2, -0.15) is 5.10 Å². The van der Waals surface area contributed by atoms with Crippen molar-refractivity contribution in [1.82, 2.24) is 19.7 Å². The van der Waals surface area contributed by atoms with Gasteiger partial charge in [-0.25, -0.2) is 4.98 Å². The Labute approximate surface area is 142 Å². The highest BCUT2D eigenvalue weighted by Gasteiger charge is 2.32. The summed E-state index contributed by atoms with van der Waals surface area (Å²) in [5, 5.41) is 4.46. The van der Waals surface area contributed by atoms with Gasteiger partial charge in [0.25, 0.3) is 5.91 Å². The van der Waals surface area contributed by atoms with Gasteiger partial charge >= 0.3 is 0 Å². The number of hydrogen-bond donors (Lipinski definition) is 0. The molecule has 2 aromatic heterocycles. The molecule has 1 unspecified atom stereocenters. The highest BCUT2D eigenvalue weighted by molar-refractivity contribution is 5.96. The van der Waals surface area contributed by atoms with Crippen LogP contribution >= 0.6 is 0 Å². The van der Waals surface area contributed by atoms with E-state index >= 15 is 0 Å². The van der Waals surface area contributed by atoms with Crippen molar-refractivity contribution in [3.8, 4) is 5.88 Å². The van der Waals surface area contributed by atoms with Gasteiger partial charge < -0.3 is 9.64 Å². The monoisotopic (exact) mass is 328 g/mol. The van der Waals surface area contributed by atoms with E-state index in [1.165, 1.54) is 0 Å². The standard InChI is InChI=1S/C18H24N4O2/c1-5-22-13(3)16(12(2)20-22)18(23)21-10-8-14(11-21)15-7-6-9-19-17(15)24-4/h6-7,9,14H,5,8,10-11H2,1-4H3. The van der Waals surface area contributed by atoms with Crippen molar-refractivity contribution in [3.63, 3.8) is 0 Å². The van der Waals surface area contributed by atoms with Crippen LogP contribution in [0.25, 0.3) is 0 Å². The molecular weight excluding hydrogens is 304 g/mol. The number of aromatic nitrogens is 3. The van der Waals surface area contributed by atoms with Gasteiger partial charge in [-0.15, -0.1) is 0 Å². The summed E-state index contributed by atoms with van der Waals surface area (Å²) in [4.78, 5) is 19.2. The molecule has 1 aliphatic rings. The van der Waals surface area contributed by atoms with Gasteiger partial charge in [0.1, 0.15) is 0 Å². The van der Waals surface area contributed by atoms with E-state index in [9.17, 15) is 4.79 Å². The fourth-order valence-corrected chi connectivity index (χ4v) is 3.56. The number of methoxy groups -OCH3 is 1. The SMILES string of the molecule is CCn1nc(C)c(C(=O)N2CCC(c3cccnc3OC)C2)c1C. The predicted octanol–water partition coefficient (Wildman–Crippen LogP) is 2.55. The maximum absolute atomic E-state index is 13.0. The lowest BCUT2D eigenvalue weighted by atomic mass is 10.00. The maximum Gasteiger partial charge on any atom is 0.257 e. The van der Waals surface area contributed by atoms with E-state index < -0.39 is 0 Å². The summed E-state index contributed by atoms with van der Waals surface area (Å²) in [5.74, 6) is 0.998. The molecule has 1 saturated heterocycles. The number of ether oxygens (including phenoxy) is 1. The zero-order valence-corrected chi connectivity index (χ0v) is 14.7. The summed E-state index contributed by atoms with van der Waals surface area (Å²) < 4.78 is 7.26. The second-order valence-corrected chi connectivity index (χ2v) is 6.20. The first-order chi connectivity index (χ1) is 11.6. The number of pyridine rings is 1. The van der Waals surface area contributed by atoms with Crippen LogP contribution in [0.5, 0.6) is 5.88 Å². The minimum absolute atomic E-state index is 0.0788. The van der Waals surface area contributed by atoms with E-state index in [1.807, 2.05) is 42.5 Å². The number of hydrogen-bond acceptors (Lipinski definition) is 4. The van der Waals surface area contributed by atoms with Crippen molar-refractivity contribution in [1.29, 1.82) is 0 Å². The lowest BCUT2D eigenvalue weighted by Crippen LogP contribution is -2.29. The number of amides is 1. The normalized spacial score (nSPS) is 17.3. The number of rotatable bonds is 4. The molecule has 1 aliphatic heterocycles. The molecule has 6 heteroatoms. The van der Waals surface area contributed by atoms with E-state index in [4.69, 9.17) is 4.74 Å². The summed E-state index contributed by atoms with van der Waals surface area (Å²) in [6.07, 6.45) is 2.65. The van der Waals surface area contributed by atoms with Gasteiger partial charge in [-0.1, -0.05) is 6.07 Å². The molecule has 0 aliphatic carbocycles. The Hall–Kier alpha value is -2.37. The van der Waals surface area contributed by atoms with Crippen molar-refractivity contribution >= 4 is 5.91 Å². The molecule has 0 saturated carbocycles. The van der Waals surface area contributed by atoms with Crippen LogP contribution in [0.4, 0.5) is 0 Å². The third-order valence-electron chi connectivity index (χ3n) is 4.80. The van der Waals surface area contributed by atoms with Crippen LogP contribution in [0.3, 0.4) is 0 Å². The van der Waals surface area contributed by atoms with Crippen LogP contribution in [0.2, 0.25) is 0 Å². The summed E-state index contributed by atoms with van der Waals surface area (Å²) in [6, 6.07) is 3.96. The van der Waals surface area contributed by atoms with E-state index in [0.29, 0.717) is 12.4 Å². The van der Waals surface area contributed by atoms with Crippen molar-refractivity contribution in [2.75, 3.05) is 20.2 Å². The molecule has 3 rings (SSSR count). The Morgan fingerprint density at radius 1 is 1.42 bits per heavy atom. The molecule has 128 valence electrons. The first-order valence-electron chi connectivity index (χ1n) is 8.39. The summed E-state index contributed by atoms with van der Waals surface area (Å²) in [5.41, 5.74) is 3.58. The molecule has 24 heavy (non-hydrogen) atoms. The van der Waals surface area contributed by atoms with Crippen molar-refractivity contribution in [2.45, 2.75) is 39.7 Å². The third-order valence-corrected chi connectivity index (χ3v) is 4.80. The zero-order chi connectivity index (χ0) is 17.3. The molecule has 1 atom stereocenters. The summed E-state index contributed by atoms with van der Waals surface area (Å²) >= 11 is 0. The summed E-state index contributed by atoms with van der Waals surface area (Å²) in [7, 11) is 1.63. The molecule has 1 fully saturated rings. The van der Waals surface area contributed by atoms with Crippen molar-refractivity contribution in [2.24, 2.45) is 0 Å². The van der Waals surface area contributed by atoms with Gasteiger partial charge in [0, 0.05) is 43.0 Å². The van der Waals surface area contributed by atoms with Gasteiger partial charge in [0.05, 0.1) is 18.4 Å². The number of carbonyl (C=O) groups is 1. The average molecular weight is 328 g/mol. The number of likely N-dealkylation sites (tertiary alicyclic amines) is 1. The van der Waals surface area contributed by atoms with Gasteiger partial charge in [-0.3, -0.25) is 9.48 Å². The minimum atomic E-state index is 0.0788. The molecule has 2 aromatic rings. The fraction of sp³-hybridized carbons (Fsp3) is 0.500. The molecular formula is C18H24N4O2. The van der Waals surface area contributed by atoms with Crippen LogP contribution in [0.1, 0.15) is 46.6 Å². The quantitative estimate of drug-likeness (QED) is 0.865. The van der Waals surface area contributed by atoms with Crippen LogP contribution in [-0.2, 0) is 6.54 Å². The van der Waals surface area contributed by atoms with E-state index in [1.54, 1.807) is 13.3 Å². The fourth-order valence-electron chi connectivity index (χ4n) is 3.56. The molecule has 0 bridgehead atoms. The van der Waals surface area contributed by atoms with Crippen LogP contribution in [0, 0.1) is 13.8 Å². The van der Waals surface area contributed by atoms with Gasteiger partial charge in [-0.05, 0) is 33.3 Å². The van der Waals surface area contributed by atoms with Crippen molar-refractivity contribution < 1.29 is 9.53 Å². The second kappa shape index (κ2) is 6.63. The predicted molar refractivity (Wildman–Crippen MR) is 91.4 cm³/mol. The largest absolute Gasteiger partial charge is 0.481 e. The minimum Gasteiger partial charge on any atom is -0.481 e. The Kier molecular flexibility index (Phi) is 4.55. The lowest BCUT2D eigenvalue weighted by Gasteiger charge is -2.18.